The van der Waals surface area contributed by atoms with E-state index in [1.807, 2.05) is 30.3 Å². The highest BCUT2D eigenvalue weighted by molar-refractivity contribution is 6.39. The van der Waals surface area contributed by atoms with Crippen LogP contribution < -0.4 is 5.32 Å². The molecule has 6 heteroatoms. The number of hydrogen-bond acceptors (Lipinski definition) is 4. The van der Waals surface area contributed by atoms with Crippen LogP contribution in [0.3, 0.4) is 0 Å². The quantitative estimate of drug-likeness (QED) is 0.891. The molecule has 122 valence electrons. The van der Waals surface area contributed by atoms with Gasteiger partial charge in [0.2, 0.25) is 5.91 Å². The fourth-order valence-electron chi connectivity index (χ4n) is 2.73. The van der Waals surface area contributed by atoms with Crippen LogP contribution >= 0.6 is 0 Å². The van der Waals surface area contributed by atoms with E-state index in [9.17, 15) is 9.59 Å². The summed E-state index contributed by atoms with van der Waals surface area (Å²) in [5, 5.41) is 8.56. The third-order valence-electron chi connectivity index (χ3n) is 4.12. The van der Waals surface area contributed by atoms with Crippen LogP contribution in [-0.4, -0.2) is 42.3 Å². The molecule has 2 amide bonds. The Hall–Kier alpha value is -2.21. The summed E-state index contributed by atoms with van der Waals surface area (Å²) in [6.45, 7) is 2.46. The molecular formula is C17H21N3O3. The number of benzene rings is 1. The van der Waals surface area contributed by atoms with Crippen molar-refractivity contribution in [3.05, 3.63) is 35.9 Å². The van der Waals surface area contributed by atoms with Gasteiger partial charge in [-0.25, -0.2) is 5.01 Å². The summed E-state index contributed by atoms with van der Waals surface area (Å²) in [6, 6.07) is 9.65. The van der Waals surface area contributed by atoms with E-state index in [-0.39, 0.29) is 11.8 Å². The number of carbonyl (C=O) groups is 2. The van der Waals surface area contributed by atoms with Crippen LogP contribution in [0.5, 0.6) is 0 Å². The monoisotopic (exact) mass is 315 g/mol. The molecule has 0 spiro atoms. The molecule has 2 aliphatic heterocycles. The Morgan fingerprint density at radius 1 is 1.30 bits per heavy atom. The lowest BCUT2D eigenvalue weighted by Gasteiger charge is -2.23. The first kappa shape index (κ1) is 15.7. The molecule has 3 rings (SSSR count). The molecule has 2 heterocycles. The van der Waals surface area contributed by atoms with Gasteiger partial charge in [-0.15, -0.1) is 0 Å². The van der Waals surface area contributed by atoms with Gasteiger partial charge < -0.3 is 10.1 Å². The average molecular weight is 315 g/mol. The number of ether oxygens (including phenoxy) is 1. The van der Waals surface area contributed by atoms with Crippen molar-refractivity contribution < 1.29 is 14.3 Å². The number of carbonyl (C=O) groups excluding carboxylic acids is 2. The first-order chi connectivity index (χ1) is 11.2. The molecule has 0 aliphatic carbocycles. The minimum atomic E-state index is -0.178. The summed E-state index contributed by atoms with van der Waals surface area (Å²) >= 11 is 0. The first-order valence-corrected chi connectivity index (χ1v) is 8.00. The molecule has 1 N–H and O–H groups in total. The molecule has 23 heavy (non-hydrogen) atoms. The Balaban J connectivity index is 1.60. The van der Waals surface area contributed by atoms with Crippen LogP contribution in [0.4, 0.5) is 0 Å². The Labute approximate surface area is 135 Å². The van der Waals surface area contributed by atoms with Crippen LogP contribution in [0.1, 0.15) is 24.8 Å². The average Bonchev–Trinajstić information content (AvgIpc) is 3.09. The number of nitrogens with zero attached hydrogens (tertiary/aromatic N) is 2. The van der Waals surface area contributed by atoms with Crippen LogP contribution in [-0.2, 0) is 20.9 Å². The van der Waals surface area contributed by atoms with Gasteiger partial charge in [-0.2, -0.15) is 5.10 Å². The van der Waals surface area contributed by atoms with Gasteiger partial charge in [-0.3, -0.25) is 9.59 Å². The normalized spacial score (nSPS) is 21.2. The lowest BCUT2D eigenvalue weighted by molar-refractivity contribution is -0.132. The van der Waals surface area contributed by atoms with Gasteiger partial charge in [-0.05, 0) is 12.0 Å². The van der Waals surface area contributed by atoms with E-state index < -0.39 is 0 Å². The van der Waals surface area contributed by atoms with Gasteiger partial charge in [0.15, 0.2) is 0 Å². The first-order valence-electron chi connectivity index (χ1n) is 8.00. The predicted octanol–water partition coefficient (Wildman–Crippen LogP) is 1.32. The molecule has 1 saturated heterocycles. The van der Waals surface area contributed by atoms with E-state index in [2.05, 4.69) is 10.4 Å². The van der Waals surface area contributed by atoms with Crippen molar-refractivity contribution in [2.45, 2.75) is 25.8 Å². The second-order valence-electron chi connectivity index (χ2n) is 5.92. The molecule has 0 radical (unpaired) electrons. The van der Waals surface area contributed by atoms with Crippen molar-refractivity contribution in [1.82, 2.24) is 10.3 Å². The summed E-state index contributed by atoms with van der Waals surface area (Å²) in [6.07, 6.45) is 1.70. The summed E-state index contributed by atoms with van der Waals surface area (Å²) in [5.41, 5.74) is 1.42. The van der Waals surface area contributed by atoms with Gasteiger partial charge in [0.05, 0.1) is 13.2 Å². The molecule has 1 aromatic carbocycles. The van der Waals surface area contributed by atoms with E-state index in [1.54, 1.807) is 0 Å². The number of hydrazone groups is 1. The van der Waals surface area contributed by atoms with Gasteiger partial charge in [-0.1, -0.05) is 30.3 Å². The largest absolute Gasteiger partial charge is 0.381 e. The van der Waals surface area contributed by atoms with Crippen LogP contribution in [0.25, 0.3) is 0 Å². The molecule has 0 aromatic heterocycles. The summed E-state index contributed by atoms with van der Waals surface area (Å²) < 4.78 is 5.30. The molecule has 0 saturated carbocycles. The van der Waals surface area contributed by atoms with E-state index in [0.717, 1.165) is 18.6 Å². The minimum absolute atomic E-state index is 0.0467. The maximum atomic E-state index is 12.2. The standard InChI is InChI=1S/C17H21N3O3/c21-16-7-6-15(17(22)18-10-14-8-9-23-12-14)19-20(16)11-13-4-2-1-3-5-13/h1-5,14H,6-12H2,(H,18,22)/t14-/m1/s1. The Kier molecular flexibility index (Phi) is 5.02. The van der Waals surface area contributed by atoms with Crippen LogP contribution in [0.15, 0.2) is 35.4 Å². The molecule has 1 atom stereocenters. The van der Waals surface area contributed by atoms with E-state index >= 15 is 0 Å². The third kappa shape index (κ3) is 4.16. The van der Waals surface area contributed by atoms with Gasteiger partial charge in [0, 0.05) is 31.9 Å². The molecule has 0 bridgehead atoms. The van der Waals surface area contributed by atoms with Crippen molar-refractivity contribution in [3.63, 3.8) is 0 Å². The fraction of sp³-hybridized carbons (Fsp3) is 0.471. The van der Waals surface area contributed by atoms with Crippen molar-refractivity contribution >= 4 is 17.5 Å². The van der Waals surface area contributed by atoms with Gasteiger partial charge in [0.25, 0.3) is 5.91 Å². The molecule has 0 unspecified atom stereocenters. The molecule has 2 aliphatic rings. The summed E-state index contributed by atoms with van der Waals surface area (Å²) in [4.78, 5) is 24.2. The minimum Gasteiger partial charge on any atom is -0.381 e. The summed E-state index contributed by atoms with van der Waals surface area (Å²) in [5.74, 6) is 0.155. The van der Waals surface area contributed by atoms with Gasteiger partial charge >= 0.3 is 0 Å². The maximum Gasteiger partial charge on any atom is 0.267 e. The SMILES string of the molecule is O=C(NC[C@H]1CCOC1)C1=NN(Cc2ccccc2)C(=O)CC1. The summed E-state index contributed by atoms with van der Waals surface area (Å²) in [7, 11) is 0. The molecule has 6 nitrogen and oxygen atoms in total. The number of amides is 2. The lowest BCUT2D eigenvalue weighted by atomic mass is 10.1. The van der Waals surface area contributed by atoms with E-state index in [0.29, 0.717) is 44.2 Å². The maximum absolute atomic E-state index is 12.2. The van der Waals surface area contributed by atoms with Gasteiger partial charge in [0.1, 0.15) is 5.71 Å². The number of nitrogens with one attached hydrogen (secondary N) is 1. The fourth-order valence-corrected chi connectivity index (χ4v) is 2.73. The highest BCUT2D eigenvalue weighted by Gasteiger charge is 2.25. The van der Waals surface area contributed by atoms with Crippen molar-refractivity contribution in [1.29, 1.82) is 0 Å². The number of rotatable bonds is 5. The van der Waals surface area contributed by atoms with Crippen molar-refractivity contribution in [3.8, 4) is 0 Å². The predicted molar refractivity (Wildman–Crippen MR) is 85.6 cm³/mol. The molecule has 1 aromatic rings. The highest BCUT2D eigenvalue weighted by atomic mass is 16.5. The third-order valence-corrected chi connectivity index (χ3v) is 4.12. The molecular weight excluding hydrogens is 294 g/mol. The smallest absolute Gasteiger partial charge is 0.267 e. The van der Waals surface area contributed by atoms with Crippen molar-refractivity contribution in [2.24, 2.45) is 11.0 Å². The zero-order valence-electron chi connectivity index (χ0n) is 13.0. The second kappa shape index (κ2) is 7.37. The van der Waals surface area contributed by atoms with Crippen molar-refractivity contribution in [2.75, 3.05) is 19.8 Å². The highest BCUT2D eigenvalue weighted by Crippen LogP contribution is 2.14. The van der Waals surface area contributed by atoms with E-state index in [4.69, 9.17) is 4.74 Å². The number of hydrogen-bond donors (Lipinski definition) is 1. The second-order valence-corrected chi connectivity index (χ2v) is 5.92. The zero-order chi connectivity index (χ0) is 16.1. The van der Waals surface area contributed by atoms with Crippen LogP contribution in [0.2, 0.25) is 0 Å². The molecule has 1 fully saturated rings. The topological polar surface area (TPSA) is 71.0 Å². The Bertz CT molecular complexity index is 594. The Morgan fingerprint density at radius 3 is 2.87 bits per heavy atom. The Morgan fingerprint density at radius 2 is 2.13 bits per heavy atom. The van der Waals surface area contributed by atoms with E-state index in [1.165, 1.54) is 5.01 Å². The van der Waals surface area contributed by atoms with Crippen LogP contribution in [0, 0.1) is 5.92 Å². The lowest BCUT2D eigenvalue weighted by Crippen LogP contribution is -2.40. The zero-order valence-corrected chi connectivity index (χ0v) is 13.0.